The molecular formula is C14H19NO2. The van der Waals surface area contributed by atoms with Crippen molar-refractivity contribution in [3.8, 4) is 5.75 Å². The van der Waals surface area contributed by atoms with Gasteiger partial charge < -0.3 is 9.64 Å². The molecule has 0 aliphatic carbocycles. The third-order valence-corrected chi connectivity index (χ3v) is 3.05. The highest BCUT2D eigenvalue weighted by molar-refractivity contribution is 5.79. The van der Waals surface area contributed by atoms with E-state index in [0.29, 0.717) is 13.0 Å². The molecule has 17 heavy (non-hydrogen) atoms. The maximum Gasteiger partial charge on any atom is 0.226 e. The summed E-state index contributed by atoms with van der Waals surface area (Å²) < 4.78 is 5.37. The number of hydrogen-bond donors (Lipinski definition) is 0. The third-order valence-electron chi connectivity index (χ3n) is 3.05. The molecule has 1 aliphatic rings. The minimum Gasteiger partial charge on any atom is -0.494 e. The molecule has 0 atom stereocenters. The number of likely N-dealkylation sites (tertiary alicyclic amines) is 1. The Labute approximate surface area is 102 Å². The first-order valence-corrected chi connectivity index (χ1v) is 6.29. The van der Waals surface area contributed by atoms with Gasteiger partial charge in [-0.05, 0) is 37.5 Å². The first kappa shape index (κ1) is 12.0. The first-order valence-electron chi connectivity index (χ1n) is 6.29. The molecule has 0 N–H and O–H groups in total. The summed E-state index contributed by atoms with van der Waals surface area (Å²) in [5, 5.41) is 0. The quantitative estimate of drug-likeness (QED) is 0.798. The van der Waals surface area contributed by atoms with E-state index in [-0.39, 0.29) is 5.91 Å². The van der Waals surface area contributed by atoms with Crippen LogP contribution in [-0.4, -0.2) is 30.5 Å². The van der Waals surface area contributed by atoms with E-state index in [0.717, 1.165) is 37.2 Å². The van der Waals surface area contributed by atoms with Crippen molar-refractivity contribution in [3.05, 3.63) is 29.8 Å². The molecule has 0 saturated carbocycles. The molecule has 3 nitrogen and oxygen atoms in total. The van der Waals surface area contributed by atoms with E-state index >= 15 is 0 Å². The number of ether oxygens (including phenoxy) is 1. The molecule has 1 heterocycles. The van der Waals surface area contributed by atoms with Gasteiger partial charge in [-0.3, -0.25) is 4.79 Å². The normalized spacial score (nSPS) is 15.0. The molecule has 0 aromatic heterocycles. The monoisotopic (exact) mass is 233 g/mol. The van der Waals surface area contributed by atoms with Crippen LogP contribution >= 0.6 is 0 Å². The van der Waals surface area contributed by atoms with Crippen LogP contribution in [0.1, 0.15) is 25.3 Å². The van der Waals surface area contributed by atoms with Gasteiger partial charge in [0.2, 0.25) is 5.91 Å². The van der Waals surface area contributed by atoms with Crippen LogP contribution < -0.4 is 4.74 Å². The molecule has 3 heteroatoms. The zero-order valence-electron chi connectivity index (χ0n) is 10.3. The van der Waals surface area contributed by atoms with Crippen LogP contribution in [0.25, 0.3) is 0 Å². The van der Waals surface area contributed by atoms with Gasteiger partial charge in [-0.25, -0.2) is 0 Å². The highest BCUT2D eigenvalue weighted by Crippen LogP contribution is 2.14. The van der Waals surface area contributed by atoms with E-state index in [1.807, 2.05) is 36.1 Å². The van der Waals surface area contributed by atoms with Crippen LogP contribution in [-0.2, 0) is 11.2 Å². The Morgan fingerprint density at radius 3 is 2.47 bits per heavy atom. The van der Waals surface area contributed by atoms with Gasteiger partial charge in [0, 0.05) is 13.1 Å². The average Bonchev–Trinajstić information content (AvgIpc) is 2.86. The van der Waals surface area contributed by atoms with E-state index in [9.17, 15) is 4.79 Å². The highest BCUT2D eigenvalue weighted by Gasteiger charge is 2.17. The molecule has 0 bridgehead atoms. The maximum atomic E-state index is 11.9. The van der Waals surface area contributed by atoms with Gasteiger partial charge in [-0.2, -0.15) is 0 Å². The van der Waals surface area contributed by atoms with Crippen LogP contribution in [0, 0.1) is 0 Å². The van der Waals surface area contributed by atoms with Crippen molar-refractivity contribution >= 4 is 5.91 Å². The van der Waals surface area contributed by atoms with E-state index in [2.05, 4.69) is 0 Å². The standard InChI is InChI=1S/C14H19NO2/c1-2-17-13-7-5-12(6-8-13)11-14(16)15-9-3-4-10-15/h5-8H,2-4,9-11H2,1H3. The van der Waals surface area contributed by atoms with Gasteiger partial charge in [0.05, 0.1) is 13.0 Å². The fourth-order valence-corrected chi connectivity index (χ4v) is 2.12. The van der Waals surface area contributed by atoms with Gasteiger partial charge in [-0.1, -0.05) is 12.1 Å². The lowest BCUT2D eigenvalue weighted by Crippen LogP contribution is -2.28. The number of carbonyl (C=O) groups excluding carboxylic acids is 1. The topological polar surface area (TPSA) is 29.5 Å². The number of amides is 1. The van der Waals surface area contributed by atoms with E-state index in [4.69, 9.17) is 4.74 Å². The predicted molar refractivity (Wildman–Crippen MR) is 67.1 cm³/mol. The molecule has 2 rings (SSSR count). The van der Waals surface area contributed by atoms with E-state index < -0.39 is 0 Å². The van der Waals surface area contributed by atoms with Crippen LogP contribution in [0.15, 0.2) is 24.3 Å². The second-order valence-corrected chi connectivity index (χ2v) is 4.34. The van der Waals surface area contributed by atoms with Crippen LogP contribution in [0.4, 0.5) is 0 Å². The molecule has 1 fully saturated rings. The fourth-order valence-electron chi connectivity index (χ4n) is 2.12. The van der Waals surface area contributed by atoms with Crippen molar-refractivity contribution in [2.75, 3.05) is 19.7 Å². The van der Waals surface area contributed by atoms with Gasteiger partial charge in [0.25, 0.3) is 0 Å². The van der Waals surface area contributed by atoms with Gasteiger partial charge >= 0.3 is 0 Å². The smallest absolute Gasteiger partial charge is 0.226 e. The Kier molecular flexibility index (Phi) is 4.02. The molecule has 0 unspecified atom stereocenters. The summed E-state index contributed by atoms with van der Waals surface area (Å²) in [6.45, 7) is 4.49. The predicted octanol–water partition coefficient (Wildman–Crippen LogP) is 2.25. The lowest BCUT2D eigenvalue weighted by Gasteiger charge is -2.15. The highest BCUT2D eigenvalue weighted by atomic mass is 16.5. The average molecular weight is 233 g/mol. The van der Waals surface area contributed by atoms with Gasteiger partial charge in [0.15, 0.2) is 0 Å². The summed E-state index contributed by atoms with van der Waals surface area (Å²) in [6.07, 6.45) is 2.80. The molecule has 1 aliphatic heterocycles. The maximum absolute atomic E-state index is 11.9. The number of benzene rings is 1. The molecule has 1 amide bonds. The first-order chi connectivity index (χ1) is 8.29. The number of hydrogen-bond acceptors (Lipinski definition) is 2. The van der Waals surface area contributed by atoms with Gasteiger partial charge in [0.1, 0.15) is 5.75 Å². The van der Waals surface area contributed by atoms with Crippen LogP contribution in [0.2, 0.25) is 0 Å². The molecule has 0 radical (unpaired) electrons. The molecule has 92 valence electrons. The zero-order chi connectivity index (χ0) is 12.1. The molecule has 0 spiro atoms. The Hall–Kier alpha value is -1.51. The minimum atomic E-state index is 0.242. The molecule has 1 aromatic carbocycles. The second kappa shape index (κ2) is 5.71. The third kappa shape index (κ3) is 3.22. The minimum absolute atomic E-state index is 0.242. The van der Waals surface area contributed by atoms with Crippen molar-refractivity contribution in [1.29, 1.82) is 0 Å². The molecular weight excluding hydrogens is 214 g/mol. The molecule has 1 saturated heterocycles. The van der Waals surface area contributed by atoms with Crippen molar-refractivity contribution in [2.45, 2.75) is 26.2 Å². The summed E-state index contributed by atoms with van der Waals surface area (Å²) in [4.78, 5) is 13.9. The summed E-state index contributed by atoms with van der Waals surface area (Å²) in [7, 11) is 0. The number of rotatable bonds is 4. The second-order valence-electron chi connectivity index (χ2n) is 4.34. The lowest BCUT2D eigenvalue weighted by molar-refractivity contribution is -0.129. The Morgan fingerprint density at radius 2 is 1.88 bits per heavy atom. The Morgan fingerprint density at radius 1 is 1.24 bits per heavy atom. The van der Waals surface area contributed by atoms with Crippen LogP contribution in [0.3, 0.4) is 0 Å². The summed E-state index contributed by atoms with van der Waals surface area (Å²) in [5.41, 5.74) is 1.06. The number of nitrogens with zero attached hydrogens (tertiary/aromatic N) is 1. The van der Waals surface area contributed by atoms with Crippen molar-refractivity contribution in [3.63, 3.8) is 0 Å². The summed E-state index contributed by atoms with van der Waals surface area (Å²) in [5.74, 6) is 1.11. The number of carbonyl (C=O) groups is 1. The largest absolute Gasteiger partial charge is 0.494 e. The summed E-state index contributed by atoms with van der Waals surface area (Å²) in [6, 6.07) is 7.80. The van der Waals surface area contributed by atoms with Crippen LogP contribution in [0.5, 0.6) is 5.75 Å². The van der Waals surface area contributed by atoms with Crippen molar-refractivity contribution in [1.82, 2.24) is 4.90 Å². The van der Waals surface area contributed by atoms with Crippen molar-refractivity contribution in [2.24, 2.45) is 0 Å². The molecule has 1 aromatic rings. The Bertz CT molecular complexity index is 366. The lowest BCUT2D eigenvalue weighted by atomic mass is 10.1. The van der Waals surface area contributed by atoms with Crippen molar-refractivity contribution < 1.29 is 9.53 Å². The fraction of sp³-hybridized carbons (Fsp3) is 0.500. The SMILES string of the molecule is CCOc1ccc(CC(=O)N2CCCC2)cc1. The Balaban J connectivity index is 1.91. The zero-order valence-corrected chi connectivity index (χ0v) is 10.3. The van der Waals surface area contributed by atoms with E-state index in [1.165, 1.54) is 0 Å². The summed E-state index contributed by atoms with van der Waals surface area (Å²) >= 11 is 0. The van der Waals surface area contributed by atoms with E-state index in [1.54, 1.807) is 0 Å². The van der Waals surface area contributed by atoms with Gasteiger partial charge in [-0.15, -0.1) is 0 Å².